The van der Waals surface area contributed by atoms with Gasteiger partial charge in [0.25, 0.3) is 0 Å². The highest BCUT2D eigenvalue weighted by molar-refractivity contribution is 5.76. The van der Waals surface area contributed by atoms with E-state index in [2.05, 4.69) is 0 Å². The van der Waals surface area contributed by atoms with Crippen LogP contribution in [-0.4, -0.2) is 23.1 Å². The van der Waals surface area contributed by atoms with Gasteiger partial charge in [-0.3, -0.25) is 9.59 Å². The Kier molecular flexibility index (Phi) is 11.3. The fourth-order valence-corrected chi connectivity index (χ4v) is 1.22. The third-order valence-electron chi connectivity index (χ3n) is 4.90. The molecule has 0 radical (unpaired) electrons. The lowest BCUT2D eigenvalue weighted by Crippen LogP contribution is -2.34. The zero-order valence-electron chi connectivity index (χ0n) is 18.5. The lowest BCUT2D eigenvalue weighted by Gasteiger charge is -2.29. The lowest BCUT2D eigenvalue weighted by molar-refractivity contribution is -0.167. The molecule has 0 amide bonds. The van der Waals surface area contributed by atoms with Gasteiger partial charge in [-0.25, -0.2) is 0 Å². The summed E-state index contributed by atoms with van der Waals surface area (Å²) < 4.78 is 10.7. The topological polar surface area (TPSA) is 52.6 Å². The Labute approximate surface area is 156 Å². The first-order valence-electron chi connectivity index (χ1n) is 9.64. The molecule has 0 aromatic carbocycles. The second-order valence-corrected chi connectivity index (χ2v) is 8.58. The Morgan fingerprint density at radius 3 is 1.48 bits per heavy atom. The molecular formula is C21H42O4. The van der Waals surface area contributed by atoms with Crippen LogP contribution in [0.2, 0.25) is 0 Å². The smallest absolute Gasteiger partial charge is 0.312 e. The SMILES string of the molecule is CCC(C)(C)OC(=O)C(C)(C)CC.CCC(C)C(=O)OC(C)(C)CC. The fourth-order valence-electron chi connectivity index (χ4n) is 1.22. The molecule has 0 aromatic rings. The molecule has 0 saturated carbocycles. The number of ether oxygens (including phenoxy) is 2. The molecular weight excluding hydrogens is 316 g/mol. The van der Waals surface area contributed by atoms with Crippen LogP contribution in [-0.2, 0) is 19.1 Å². The number of hydrogen-bond donors (Lipinski definition) is 0. The Morgan fingerprint density at radius 2 is 1.16 bits per heavy atom. The van der Waals surface area contributed by atoms with Crippen LogP contribution in [0.3, 0.4) is 0 Å². The number of esters is 2. The molecule has 0 saturated heterocycles. The van der Waals surface area contributed by atoms with E-state index in [1.807, 2.05) is 76.2 Å². The average Bonchev–Trinajstić information content (AvgIpc) is 2.53. The van der Waals surface area contributed by atoms with Crippen LogP contribution >= 0.6 is 0 Å². The van der Waals surface area contributed by atoms with Gasteiger partial charge in [-0.1, -0.05) is 34.6 Å². The van der Waals surface area contributed by atoms with Crippen molar-refractivity contribution in [2.75, 3.05) is 0 Å². The zero-order valence-corrected chi connectivity index (χ0v) is 18.5. The maximum atomic E-state index is 11.6. The van der Waals surface area contributed by atoms with Gasteiger partial charge in [0, 0.05) is 0 Å². The summed E-state index contributed by atoms with van der Waals surface area (Å²) in [4.78, 5) is 23.0. The summed E-state index contributed by atoms with van der Waals surface area (Å²) in [6.07, 6.45) is 3.36. The highest BCUT2D eigenvalue weighted by Gasteiger charge is 2.31. The molecule has 0 bridgehead atoms. The summed E-state index contributed by atoms with van der Waals surface area (Å²) in [5, 5.41) is 0. The molecule has 150 valence electrons. The number of carbonyl (C=O) groups excluding carboxylic acids is 2. The van der Waals surface area contributed by atoms with E-state index in [9.17, 15) is 9.59 Å². The van der Waals surface area contributed by atoms with Crippen molar-refractivity contribution in [3.8, 4) is 0 Å². The summed E-state index contributed by atoms with van der Waals surface area (Å²) in [6, 6.07) is 0. The fraction of sp³-hybridized carbons (Fsp3) is 0.905. The average molecular weight is 359 g/mol. The van der Waals surface area contributed by atoms with Crippen LogP contribution in [0.4, 0.5) is 0 Å². The molecule has 25 heavy (non-hydrogen) atoms. The van der Waals surface area contributed by atoms with Crippen molar-refractivity contribution >= 4 is 11.9 Å². The Morgan fingerprint density at radius 1 is 0.760 bits per heavy atom. The minimum Gasteiger partial charge on any atom is -0.459 e. The van der Waals surface area contributed by atoms with Gasteiger partial charge < -0.3 is 9.47 Å². The van der Waals surface area contributed by atoms with E-state index in [4.69, 9.17) is 9.47 Å². The normalized spacial score (nSPS) is 13.4. The Hall–Kier alpha value is -1.06. The van der Waals surface area contributed by atoms with Gasteiger partial charge in [0.05, 0.1) is 11.3 Å². The molecule has 0 aliphatic heterocycles. The Bertz CT molecular complexity index is 408. The molecule has 1 unspecified atom stereocenters. The summed E-state index contributed by atoms with van der Waals surface area (Å²) in [5.41, 5.74) is -0.990. The summed E-state index contributed by atoms with van der Waals surface area (Å²) in [5.74, 6) is -0.151. The van der Waals surface area contributed by atoms with E-state index < -0.39 is 0 Å². The predicted molar refractivity (Wildman–Crippen MR) is 104 cm³/mol. The van der Waals surface area contributed by atoms with Crippen LogP contribution in [0.25, 0.3) is 0 Å². The van der Waals surface area contributed by atoms with E-state index in [0.29, 0.717) is 0 Å². The third kappa shape index (κ3) is 11.2. The summed E-state index contributed by atoms with van der Waals surface area (Å²) in [6.45, 7) is 21.5. The molecule has 4 heteroatoms. The van der Waals surface area contributed by atoms with Gasteiger partial charge in [-0.05, 0) is 67.2 Å². The molecule has 0 spiro atoms. The van der Waals surface area contributed by atoms with Crippen LogP contribution < -0.4 is 0 Å². The first-order chi connectivity index (χ1) is 11.2. The van der Waals surface area contributed by atoms with Crippen molar-refractivity contribution in [3.63, 3.8) is 0 Å². The van der Waals surface area contributed by atoms with Crippen molar-refractivity contribution in [1.29, 1.82) is 0 Å². The molecule has 0 aliphatic carbocycles. The molecule has 0 aromatic heterocycles. The summed E-state index contributed by atoms with van der Waals surface area (Å²) >= 11 is 0. The van der Waals surface area contributed by atoms with Crippen LogP contribution in [0, 0.1) is 11.3 Å². The first kappa shape index (κ1) is 26.2. The minimum atomic E-state index is -0.355. The molecule has 0 rings (SSSR count). The van der Waals surface area contributed by atoms with E-state index in [1.54, 1.807) is 0 Å². The second-order valence-electron chi connectivity index (χ2n) is 8.58. The van der Waals surface area contributed by atoms with Gasteiger partial charge in [0.1, 0.15) is 11.2 Å². The van der Waals surface area contributed by atoms with Gasteiger partial charge in [0.2, 0.25) is 0 Å². The van der Waals surface area contributed by atoms with E-state index in [-0.39, 0.29) is 34.5 Å². The van der Waals surface area contributed by atoms with Crippen LogP contribution in [0.5, 0.6) is 0 Å². The Balaban J connectivity index is 0. The standard InChI is InChI=1S/C11H22O2.C10H20O2/c1-7-10(3,4)9(12)13-11(5,6)8-2;1-6-8(3)9(11)12-10(4,5)7-2/h7-8H2,1-6H3;8H,6-7H2,1-5H3. The van der Waals surface area contributed by atoms with Gasteiger partial charge in [-0.15, -0.1) is 0 Å². The zero-order chi connectivity index (χ0) is 20.5. The quantitative estimate of drug-likeness (QED) is 0.505. The maximum absolute atomic E-state index is 11.6. The first-order valence-corrected chi connectivity index (χ1v) is 9.64. The molecule has 0 N–H and O–H groups in total. The van der Waals surface area contributed by atoms with Crippen molar-refractivity contribution in [2.24, 2.45) is 11.3 Å². The third-order valence-corrected chi connectivity index (χ3v) is 4.90. The van der Waals surface area contributed by atoms with E-state index >= 15 is 0 Å². The molecule has 0 aliphatic rings. The largest absolute Gasteiger partial charge is 0.459 e. The number of hydrogen-bond acceptors (Lipinski definition) is 4. The van der Waals surface area contributed by atoms with Crippen LogP contribution in [0.1, 0.15) is 102 Å². The monoisotopic (exact) mass is 358 g/mol. The van der Waals surface area contributed by atoms with Crippen molar-refractivity contribution in [1.82, 2.24) is 0 Å². The van der Waals surface area contributed by atoms with Crippen molar-refractivity contribution < 1.29 is 19.1 Å². The molecule has 0 heterocycles. The van der Waals surface area contributed by atoms with E-state index in [1.165, 1.54) is 0 Å². The highest BCUT2D eigenvalue weighted by atomic mass is 16.6. The molecule has 0 fully saturated rings. The molecule has 4 nitrogen and oxygen atoms in total. The van der Waals surface area contributed by atoms with Crippen molar-refractivity contribution in [3.05, 3.63) is 0 Å². The lowest BCUT2D eigenvalue weighted by atomic mass is 9.90. The van der Waals surface area contributed by atoms with Gasteiger partial charge >= 0.3 is 11.9 Å². The number of carbonyl (C=O) groups is 2. The predicted octanol–water partition coefficient (Wildman–Crippen LogP) is 5.92. The van der Waals surface area contributed by atoms with Crippen LogP contribution in [0.15, 0.2) is 0 Å². The van der Waals surface area contributed by atoms with E-state index in [0.717, 1.165) is 25.7 Å². The van der Waals surface area contributed by atoms with Gasteiger partial charge in [0.15, 0.2) is 0 Å². The molecule has 1 atom stereocenters. The minimum absolute atomic E-state index is 0.0239. The highest BCUT2D eigenvalue weighted by Crippen LogP contribution is 2.25. The second kappa shape index (κ2) is 10.8. The maximum Gasteiger partial charge on any atom is 0.312 e. The van der Waals surface area contributed by atoms with Crippen molar-refractivity contribution in [2.45, 2.75) is 113 Å². The van der Waals surface area contributed by atoms with Gasteiger partial charge in [-0.2, -0.15) is 0 Å². The number of rotatable bonds is 8. The summed E-state index contributed by atoms with van der Waals surface area (Å²) in [7, 11) is 0.